The molecular weight excluding hydrogens is 370 g/mol. The van der Waals surface area contributed by atoms with Gasteiger partial charge in [-0.1, -0.05) is 60.3 Å². The van der Waals surface area contributed by atoms with Crippen LogP contribution in [0.25, 0.3) is 11.0 Å². The summed E-state index contributed by atoms with van der Waals surface area (Å²) in [6.45, 7) is 2.66. The van der Waals surface area contributed by atoms with E-state index < -0.39 is 0 Å². The minimum atomic E-state index is -0.190. The van der Waals surface area contributed by atoms with E-state index in [-0.39, 0.29) is 11.9 Å². The normalized spacial score (nSPS) is 12.2. The second kappa shape index (κ2) is 8.35. The van der Waals surface area contributed by atoms with Crippen LogP contribution in [0, 0.1) is 0 Å². The van der Waals surface area contributed by atoms with Crippen molar-refractivity contribution in [3.8, 4) is 0 Å². The number of carbonyl (C=O) groups is 1. The van der Waals surface area contributed by atoms with Gasteiger partial charge in [-0.25, -0.2) is 4.98 Å². The number of hydrogen-bond acceptors (Lipinski definition) is 4. The van der Waals surface area contributed by atoms with E-state index in [0.29, 0.717) is 5.75 Å². The minimum absolute atomic E-state index is 0.0489. The topological polar surface area (TPSA) is 60.1 Å². The number of nitrogens with one attached hydrogen (secondary N) is 1. The molecule has 2 aromatic heterocycles. The van der Waals surface area contributed by atoms with E-state index in [0.717, 1.165) is 28.4 Å². The zero-order valence-electron chi connectivity index (χ0n) is 15.5. The molecule has 1 N–H and O–H groups in total. The standard InChI is InChI=1S/C22H21N3O2S/c1-16(20-13-18-9-5-6-10-19(18)27-20)24-21(26)15-28-22-23-11-12-25(22)14-17-7-3-2-4-8-17/h2-13,16H,14-15H2,1H3,(H,24,26). The molecule has 2 heterocycles. The molecule has 1 amide bonds. The molecule has 4 aromatic rings. The summed E-state index contributed by atoms with van der Waals surface area (Å²) in [5.41, 5.74) is 2.03. The molecule has 0 spiro atoms. The highest BCUT2D eigenvalue weighted by molar-refractivity contribution is 7.99. The third kappa shape index (κ3) is 4.28. The van der Waals surface area contributed by atoms with Crippen LogP contribution in [0.3, 0.4) is 0 Å². The third-order valence-electron chi connectivity index (χ3n) is 4.45. The van der Waals surface area contributed by atoms with Gasteiger partial charge < -0.3 is 14.3 Å². The van der Waals surface area contributed by atoms with Gasteiger partial charge in [-0.15, -0.1) is 0 Å². The summed E-state index contributed by atoms with van der Waals surface area (Å²) in [4.78, 5) is 16.8. The van der Waals surface area contributed by atoms with Crippen LogP contribution < -0.4 is 5.32 Å². The number of aromatic nitrogens is 2. The Balaban J connectivity index is 1.34. The van der Waals surface area contributed by atoms with Crippen molar-refractivity contribution < 1.29 is 9.21 Å². The van der Waals surface area contributed by atoms with Crippen LogP contribution in [0.1, 0.15) is 24.3 Å². The highest BCUT2D eigenvalue weighted by Crippen LogP contribution is 2.24. The molecule has 0 aliphatic rings. The average molecular weight is 391 g/mol. The highest BCUT2D eigenvalue weighted by Gasteiger charge is 2.15. The number of carbonyl (C=O) groups excluding carboxylic acids is 1. The summed E-state index contributed by atoms with van der Waals surface area (Å²) in [7, 11) is 0. The molecular formula is C22H21N3O2S. The van der Waals surface area contributed by atoms with Crippen molar-refractivity contribution in [1.82, 2.24) is 14.9 Å². The Morgan fingerprint density at radius 1 is 1.18 bits per heavy atom. The maximum absolute atomic E-state index is 12.4. The highest BCUT2D eigenvalue weighted by atomic mass is 32.2. The number of para-hydroxylation sites is 1. The van der Waals surface area contributed by atoms with Gasteiger partial charge in [-0.3, -0.25) is 4.79 Å². The smallest absolute Gasteiger partial charge is 0.231 e. The molecule has 5 nitrogen and oxygen atoms in total. The molecule has 0 aliphatic carbocycles. The van der Waals surface area contributed by atoms with Gasteiger partial charge in [0.2, 0.25) is 5.91 Å². The van der Waals surface area contributed by atoms with Crippen molar-refractivity contribution in [1.29, 1.82) is 0 Å². The largest absolute Gasteiger partial charge is 0.459 e. The quantitative estimate of drug-likeness (QED) is 0.466. The Morgan fingerprint density at radius 2 is 1.96 bits per heavy atom. The SMILES string of the molecule is CC(NC(=O)CSc1nccn1Cc1ccccc1)c1cc2ccccc2o1. The summed E-state index contributed by atoms with van der Waals surface area (Å²) in [6.07, 6.45) is 3.70. The lowest BCUT2D eigenvalue weighted by molar-refractivity contribution is -0.119. The molecule has 0 bridgehead atoms. The van der Waals surface area contributed by atoms with Crippen molar-refractivity contribution in [3.05, 3.63) is 84.4 Å². The number of benzene rings is 2. The molecule has 1 atom stereocenters. The van der Waals surface area contributed by atoms with Gasteiger partial charge in [0.05, 0.1) is 11.8 Å². The fourth-order valence-corrected chi connectivity index (χ4v) is 3.81. The molecule has 2 aromatic carbocycles. The van der Waals surface area contributed by atoms with Crippen molar-refractivity contribution in [2.45, 2.75) is 24.7 Å². The summed E-state index contributed by atoms with van der Waals surface area (Å²) >= 11 is 1.43. The van der Waals surface area contributed by atoms with Crippen LogP contribution in [0.5, 0.6) is 0 Å². The first-order valence-corrected chi connectivity index (χ1v) is 10.1. The van der Waals surface area contributed by atoms with E-state index in [1.54, 1.807) is 6.20 Å². The molecule has 0 fully saturated rings. The molecule has 28 heavy (non-hydrogen) atoms. The molecule has 0 saturated carbocycles. The predicted molar refractivity (Wildman–Crippen MR) is 111 cm³/mol. The maximum Gasteiger partial charge on any atom is 0.231 e. The van der Waals surface area contributed by atoms with Crippen molar-refractivity contribution in [3.63, 3.8) is 0 Å². The Hall–Kier alpha value is -2.99. The van der Waals surface area contributed by atoms with Gasteiger partial charge in [0.25, 0.3) is 0 Å². The molecule has 0 aliphatic heterocycles. The number of imidazole rings is 1. The van der Waals surface area contributed by atoms with Gasteiger partial charge in [0.1, 0.15) is 11.3 Å². The van der Waals surface area contributed by atoms with Crippen LogP contribution in [0.15, 0.2) is 82.6 Å². The van der Waals surface area contributed by atoms with Crippen LogP contribution in [-0.4, -0.2) is 21.2 Å². The van der Waals surface area contributed by atoms with Crippen molar-refractivity contribution in [2.75, 3.05) is 5.75 Å². The van der Waals surface area contributed by atoms with E-state index in [1.807, 2.05) is 61.7 Å². The van der Waals surface area contributed by atoms with E-state index in [9.17, 15) is 4.79 Å². The fourth-order valence-electron chi connectivity index (χ4n) is 3.04. The molecule has 4 rings (SSSR count). The van der Waals surface area contributed by atoms with Crippen LogP contribution >= 0.6 is 11.8 Å². The lowest BCUT2D eigenvalue weighted by Crippen LogP contribution is -2.28. The van der Waals surface area contributed by atoms with E-state index >= 15 is 0 Å². The lowest BCUT2D eigenvalue weighted by Gasteiger charge is -2.11. The molecule has 0 radical (unpaired) electrons. The summed E-state index contributed by atoms with van der Waals surface area (Å²) in [6, 6.07) is 19.8. The van der Waals surface area contributed by atoms with E-state index in [1.165, 1.54) is 17.3 Å². The number of fused-ring (bicyclic) bond motifs is 1. The Bertz CT molecular complexity index is 1040. The minimum Gasteiger partial charge on any atom is -0.459 e. The predicted octanol–water partition coefficient (Wildman–Crippen LogP) is 4.65. The Morgan fingerprint density at radius 3 is 2.79 bits per heavy atom. The summed E-state index contributed by atoms with van der Waals surface area (Å²) in [5.74, 6) is 1.01. The fraction of sp³-hybridized carbons (Fsp3) is 0.182. The van der Waals surface area contributed by atoms with Gasteiger partial charge >= 0.3 is 0 Å². The number of nitrogens with zero attached hydrogens (tertiary/aromatic N) is 2. The van der Waals surface area contributed by atoms with E-state index in [4.69, 9.17) is 4.42 Å². The number of rotatable bonds is 7. The summed E-state index contributed by atoms with van der Waals surface area (Å²) < 4.78 is 7.88. The Labute approximate surface area is 167 Å². The van der Waals surface area contributed by atoms with Crippen molar-refractivity contribution >= 4 is 28.6 Å². The second-order valence-electron chi connectivity index (χ2n) is 6.59. The third-order valence-corrected chi connectivity index (χ3v) is 5.46. The number of thioether (sulfide) groups is 1. The monoisotopic (exact) mass is 391 g/mol. The van der Waals surface area contributed by atoms with Gasteiger partial charge in [-0.05, 0) is 24.6 Å². The maximum atomic E-state index is 12.4. The Kier molecular flexibility index (Phi) is 5.48. The molecule has 0 saturated heterocycles. The zero-order chi connectivity index (χ0) is 19.3. The lowest BCUT2D eigenvalue weighted by atomic mass is 10.2. The summed E-state index contributed by atoms with van der Waals surface area (Å²) in [5, 5.41) is 4.87. The molecule has 1 unspecified atom stereocenters. The van der Waals surface area contributed by atoms with Crippen LogP contribution in [0.4, 0.5) is 0 Å². The first-order valence-electron chi connectivity index (χ1n) is 9.15. The molecule has 6 heteroatoms. The van der Waals surface area contributed by atoms with Crippen LogP contribution in [0.2, 0.25) is 0 Å². The van der Waals surface area contributed by atoms with Crippen LogP contribution in [-0.2, 0) is 11.3 Å². The average Bonchev–Trinajstić information content (AvgIpc) is 3.34. The zero-order valence-corrected chi connectivity index (χ0v) is 16.4. The number of amides is 1. The van der Waals surface area contributed by atoms with Gasteiger partial charge in [-0.2, -0.15) is 0 Å². The number of hydrogen-bond donors (Lipinski definition) is 1. The first kappa shape index (κ1) is 18.4. The van der Waals surface area contributed by atoms with E-state index in [2.05, 4.69) is 27.0 Å². The van der Waals surface area contributed by atoms with Crippen molar-refractivity contribution in [2.24, 2.45) is 0 Å². The number of furan rings is 1. The molecule has 142 valence electrons. The second-order valence-corrected chi connectivity index (χ2v) is 7.53. The first-order chi connectivity index (χ1) is 13.7. The van der Waals surface area contributed by atoms with Gasteiger partial charge in [0.15, 0.2) is 5.16 Å². The van der Waals surface area contributed by atoms with Gasteiger partial charge in [0, 0.05) is 24.3 Å².